The number of nitrogens with one attached hydrogen (secondary N) is 1. The Morgan fingerprint density at radius 1 is 1.88 bits per heavy atom. The van der Waals surface area contributed by atoms with Crippen molar-refractivity contribution in [3.05, 3.63) is 12.3 Å². The van der Waals surface area contributed by atoms with Gasteiger partial charge in [-0.3, -0.25) is 4.79 Å². The summed E-state index contributed by atoms with van der Waals surface area (Å²) in [5, 5.41) is 2.49. The van der Waals surface area contributed by atoms with Crippen molar-refractivity contribution in [3.8, 4) is 0 Å². The van der Waals surface area contributed by atoms with Crippen molar-refractivity contribution < 1.29 is 4.79 Å². The first-order valence-electron chi connectivity index (χ1n) is 2.51. The molecular formula is C5H8N2O. The molecule has 0 aromatic carbocycles. The zero-order valence-corrected chi connectivity index (χ0v) is 4.42. The average Bonchev–Trinajstić information content (AvgIpc) is 1.77. The minimum absolute atomic E-state index is 0.0903. The lowest BCUT2D eigenvalue weighted by atomic mass is 10.2. The van der Waals surface area contributed by atoms with Gasteiger partial charge in [-0.15, -0.1) is 0 Å². The predicted molar refractivity (Wildman–Crippen MR) is 29.9 cm³/mol. The highest BCUT2D eigenvalue weighted by molar-refractivity contribution is 5.83. The van der Waals surface area contributed by atoms with Gasteiger partial charge in [-0.25, -0.2) is 0 Å². The Labute approximate surface area is 47.6 Å². The summed E-state index contributed by atoms with van der Waals surface area (Å²) >= 11 is 0. The van der Waals surface area contributed by atoms with Crippen LogP contribution in [0.5, 0.6) is 0 Å². The predicted octanol–water partition coefficient (Wildman–Crippen LogP) is -0.653. The van der Waals surface area contributed by atoms with Crippen LogP contribution in [0.15, 0.2) is 12.3 Å². The van der Waals surface area contributed by atoms with Crippen molar-refractivity contribution in [2.24, 2.45) is 5.73 Å². The summed E-state index contributed by atoms with van der Waals surface area (Å²) in [7, 11) is 0. The number of hydrogen-bond donors (Lipinski definition) is 2. The first-order chi connectivity index (χ1) is 3.80. The van der Waals surface area contributed by atoms with Crippen LogP contribution in [-0.2, 0) is 4.79 Å². The molecule has 1 unspecified atom stereocenters. The number of carbonyl (C=O) groups is 1. The van der Waals surface area contributed by atoms with Crippen molar-refractivity contribution in [1.29, 1.82) is 0 Å². The molecule has 0 radical (unpaired) electrons. The second-order valence-electron chi connectivity index (χ2n) is 1.75. The maximum Gasteiger partial charge on any atom is 0.241 e. The van der Waals surface area contributed by atoms with Gasteiger partial charge in [0.1, 0.15) is 0 Å². The summed E-state index contributed by atoms with van der Waals surface area (Å²) in [6.45, 7) is 0. The van der Waals surface area contributed by atoms with Crippen LogP contribution in [0, 0.1) is 0 Å². The molecule has 0 aliphatic carbocycles. The third-order valence-corrected chi connectivity index (χ3v) is 1.07. The zero-order chi connectivity index (χ0) is 5.98. The first-order valence-corrected chi connectivity index (χ1v) is 2.51. The highest BCUT2D eigenvalue weighted by atomic mass is 16.2. The standard InChI is InChI=1S/C5H8N2O/c6-4-2-1-3-7-5(4)8/h1,3-4H,2,6H2,(H,7,8). The smallest absolute Gasteiger partial charge is 0.241 e. The van der Waals surface area contributed by atoms with Crippen LogP contribution in [-0.4, -0.2) is 11.9 Å². The van der Waals surface area contributed by atoms with E-state index in [1.165, 1.54) is 0 Å². The molecule has 1 aliphatic rings. The van der Waals surface area contributed by atoms with Gasteiger partial charge in [-0.2, -0.15) is 0 Å². The molecule has 0 spiro atoms. The number of carbonyl (C=O) groups excluding carboxylic acids is 1. The normalized spacial score (nSPS) is 27.6. The van der Waals surface area contributed by atoms with Crippen molar-refractivity contribution >= 4 is 5.91 Å². The third-order valence-electron chi connectivity index (χ3n) is 1.07. The summed E-state index contributed by atoms with van der Waals surface area (Å²) in [6, 6.07) is -0.333. The molecule has 0 saturated carbocycles. The van der Waals surface area contributed by atoms with Crippen molar-refractivity contribution in [2.75, 3.05) is 0 Å². The molecule has 44 valence electrons. The Hall–Kier alpha value is -0.830. The first kappa shape index (κ1) is 5.31. The fourth-order valence-corrected chi connectivity index (χ4v) is 0.570. The largest absolute Gasteiger partial charge is 0.332 e. The van der Waals surface area contributed by atoms with Crippen molar-refractivity contribution in [3.63, 3.8) is 0 Å². The molecule has 1 amide bonds. The van der Waals surface area contributed by atoms with Crippen LogP contribution in [0.25, 0.3) is 0 Å². The van der Waals surface area contributed by atoms with Gasteiger partial charge in [-0.1, -0.05) is 6.08 Å². The van der Waals surface area contributed by atoms with Crippen LogP contribution >= 0.6 is 0 Å². The van der Waals surface area contributed by atoms with Crippen LogP contribution in [0.4, 0.5) is 0 Å². The summed E-state index contributed by atoms with van der Waals surface area (Å²) in [4.78, 5) is 10.5. The van der Waals surface area contributed by atoms with E-state index in [-0.39, 0.29) is 11.9 Å². The fourth-order valence-electron chi connectivity index (χ4n) is 0.570. The third kappa shape index (κ3) is 0.869. The van der Waals surface area contributed by atoms with E-state index < -0.39 is 0 Å². The molecule has 1 rings (SSSR count). The van der Waals surface area contributed by atoms with E-state index in [1.807, 2.05) is 6.08 Å². The summed E-state index contributed by atoms with van der Waals surface area (Å²) in [5.74, 6) is -0.0903. The Kier molecular flexibility index (Phi) is 1.30. The molecule has 1 heterocycles. The molecule has 0 aromatic heterocycles. The molecule has 8 heavy (non-hydrogen) atoms. The minimum Gasteiger partial charge on any atom is -0.332 e. The topological polar surface area (TPSA) is 55.1 Å². The fraction of sp³-hybridized carbons (Fsp3) is 0.400. The van der Waals surface area contributed by atoms with Gasteiger partial charge in [0.25, 0.3) is 0 Å². The Morgan fingerprint density at radius 2 is 2.62 bits per heavy atom. The van der Waals surface area contributed by atoms with Gasteiger partial charge < -0.3 is 11.1 Å². The van der Waals surface area contributed by atoms with E-state index in [9.17, 15) is 4.79 Å². The molecule has 3 heteroatoms. The SMILES string of the molecule is NC1CC=CNC1=O. The molecule has 0 saturated heterocycles. The maximum atomic E-state index is 10.5. The van der Waals surface area contributed by atoms with E-state index in [0.29, 0.717) is 6.42 Å². The second kappa shape index (κ2) is 1.96. The number of amides is 1. The van der Waals surface area contributed by atoms with E-state index in [4.69, 9.17) is 5.73 Å². The van der Waals surface area contributed by atoms with Gasteiger partial charge >= 0.3 is 0 Å². The number of rotatable bonds is 0. The van der Waals surface area contributed by atoms with Crippen LogP contribution < -0.4 is 11.1 Å². The van der Waals surface area contributed by atoms with Crippen molar-refractivity contribution in [1.82, 2.24) is 5.32 Å². The summed E-state index contributed by atoms with van der Waals surface area (Å²) < 4.78 is 0. The van der Waals surface area contributed by atoms with Gasteiger partial charge in [0.15, 0.2) is 0 Å². The molecule has 3 N–H and O–H groups in total. The average molecular weight is 112 g/mol. The van der Waals surface area contributed by atoms with E-state index in [0.717, 1.165) is 0 Å². The lowest BCUT2D eigenvalue weighted by Gasteiger charge is -2.10. The molecule has 3 nitrogen and oxygen atoms in total. The molecule has 1 aliphatic heterocycles. The highest BCUT2D eigenvalue weighted by Crippen LogP contribution is 1.94. The Bertz CT molecular complexity index is 130. The van der Waals surface area contributed by atoms with Gasteiger partial charge in [0, 0.05) is 0 Å². The number of hydrogen-bond acceptors (Lipinski definition) is 2. The molecule has 0 fully saturated rings. The van der Waals surface area contributed by atoms with Gasteiger partial charge in [0.05, 0.1) is 6.04 Å². The lowest BCUT2D eigenvalue weighted by molar-refractivity contribution is -0.121. The van der Waals surface area contributed by atoms with Gasteiger partial charge in [0.2, 0.25) is 5.91 Å². The molecule has 1 atom stereocenters. The quantitative estimate of drug-likeness (QED) is 0.437. The van der Waals surface area contributed by atoms with Crippen LogP contribution in [0.3, 0.4) is 0 Å². The summed E-state index contributed by atoms with van der Waals surface area (Å²) in [6.07, 6.45) is 4.11. The van der Waals surface area contributed by atoms with E-state index in [2.05, 4.69) is 5.32 Å². The highest BCUT2D eigenvalue weighted by Gasteiger charge is 2.12. The number of nitrogens with two attached hydrogens (primary N) is 1. The Morgan fingerprint density at radius 3 is 3.00 bits per heavy atom. The Balaban J connectivity index is 2.57. The minimum atomic E-state index is -0.333. The van der Waals surface area contributed by atoms with E-state index >= 15 is 0 Å². The van der Waals surface area contributed by atoms with Crippen LogP contribution in [0.1, 0.15) is 6.42 Å². The van der Waals surface area contributed by atoms with E-state index in [1.54, 1.807) is 6.20 Å². The zero-order valence-electron chi connectivity index (χ0n) is 4.42. The summed E-state index contributed by atoms with van der Waals surface area (Å²) in [5.41, 5.74) is 5.31. The maximum absolute atomic E-state index is 10.5. The van der Waals surface area contributed by atoms with Gasteiger partial charge in [-0.05, 0) is 12.6 Å². The second-order valence-corrected chi connectivity index (χ2v) is 1.75. The van der Waals surface area contributed by atoms with Crippen LogP contribution in [0.2, 0.25) is 0 Å². The molecule has 0 bridgehead atoms. The van der Waals surface area contributed by atoms with Crippen molar-refractivity contribution in [2.45, 2.75) is 12.5 Å². The molecule has 0 aromatic rings. The molecular weight excluding hydrogens is 104 g/mol. The lowest BCUT2D eigenvalue weighted by Crippen LogP contribution is -2.40. The monoisotopic (exact) mass is 112 g/mol.